The number of nitrogens with one attached hydrogen (secondary N) is 3. The highest BCUT2D eigenvalue weighted by Crippen LogP contribution is 2.39. The van der Waals surface area contributed by atoms with Crippen molar-refractivity contribution in [3.63, 3.8) is 0 Å². The number of alkyl carbamates (subject to hydrolysis) is 1. The van der Waals surface area contributed by atoms with E-state index in [1.165, 1.54) is 0 Å². The summed E-state index contributed by atoms with van der Waals surface area (Å²) in [5, 5.41) is 16.7. The van der Waals surface area contributed by atoms with Crippen LogP contribution < -0.4 is 20.4 Å². The first-order valence-corrected chi connectivity index (χ1v) is 18.3. The number of hydrogen-bond acceptors (Lipinski definition) is 8. The molecule has 0 aliphatic rings. The van der Waals surface area contributed by atoms with Crippen molar-refractivity contribution in [2.45, 2.75) is 111 Å². The molecule has 13 heteroatoms. The molecule has 1 aromatic rings. The second-order valence-corrected chi connectivity index (χ2v) is 18.3. The molecule has 0 aliphatic heterocycles. The average Bonchev–Trinajstić information content (AvgIpc) is 2.89. The number of benzene rings is 1. The van der Waals surface area contributed by atoms with Gasteiger partial charge in [-0.15, -0.1) is 0 Å². The van der Waals surface area contributed by atoms with Crippen molar-refractivity contribution in [2.75, 3.05) is 18.5 Å². The number of esters is 1. The fourth-order valence-electron chi connectivity index (χ4n) is 3.90. The molecular formula is C33H51N3O9Si. The zero-order valence-electron chi connectivity index (χ0n) is 28.8. The first-order chi connectivity index (χ1) is 21.1. The smallest absolute Gasteiger partial charge is 0.407 e. The van der Waals surface area contributed by atoms with Gasteiger partial charge >= 0.3 is 18.0 Å². The Kier molecular flexibility index (Phi) is 15.3. The third kappa shape index (κ3) is 15.3. The molecule has 0 aromatic heterocycles. The summed E-state index contributed by atoms with van der Waals surface area (Å²) in [5.41, 5.74) is 0.522. The van der Waals surface area contributed by atoms with E-state index in [4.69, 9.17) is 19.0 Å². The van der Waals surface area contributed by atoms with Crippen LogP contribution in [0, 0.1) is 17.8 Å². The molecule has 46 heavy (non-hydrogen) atoms. The number of aliphatic carboxylic acids is 1. The number of rotatable bonds is 14. The van der Waals surface area contributed by atoms with E-state index < -0.39 is 43.8 Å². The van der Waals surface area contributed by atoms with Crippen molar-refractivity contribution in [3.8, 4) is 17.6 Å². The lowest BCUT2D eigenvalue weighted by Crippen LogP contribution is -2.44. The lowest BCUT2D eigenvalue weighted by Gasteiger charge is -2.37. The minimum absolute atomic E-state index is 0.0658. The normalized spacial score (nSPS) is 12.8. The van der Waals surface area contributed by atoms with Gasteiger partial charge in [0.1, 0.15) is 11.4 Å². The number of carbonyl (C=O) groups excluding carboxylic acids is 4. The van der Waals surface area contributed by atoms with Crippen molar-refractivity contribution < 1.29 is 43.0 Å². The summed E-state index contributed by atoms with van der Waals surface area (Å²) in [4.78, 5) is 60.2. The maximum Gasteiger partial charge on any atom is 0.407 e. The van der Waals surface area contributed by atoms with Gasteiger partial charge in [-0.2, -0.15) is 0 Å². The van der Waals surface area contributed by atoms with Crippen LogP contribution in [0.4, 0.5) is 10.5 Å². The monoisotopic (exact) mass is 661 g/mol. The predicted octanol–water partition coefficient (Wildman–Crippen LogP) is 5.02. The van der Waals surface area contributed by atoms with Crippen LogP contribution in [0.3, 0.4) is 0 Å². The first-order valence-electron chi connectivity index (χ1n) is 15.4. The lowest BCUT2D eigenvalue weighted by atomic mass is 9.96. The molecule has 1 rings (SSSR count). The Morgan fingerprint density at radius 1 is 1.02 bits per heavy atom. The van der Waals surface area contributed by atoms with Crippen LogP contribution in [-0.2, 0) is 35.1 Å². The first kappa shape index (κ1) is 40.0. The molecule has 3 amide bonds. The molecule has 0 fully saturated rings. The Labute approximate surface area is 273 Å². The van der Waals surface area contributed by atoms with Crippen LogP contribution in [0.15, 0.2) is 18.2 Å². The highest BCUT2D eigenvalue weighted by atomic mass is 28.4. The van der Waals surface area contributed by atoms with Crippen LogP contribution in [0.5, 0.6) is 5.75 Å². The minimum Gasteiger partial charge on any atom is -0.542 e. The zero-order chi connectivity index (χ0) is 35.3. The van der Waals surface area contributed by atoms with Gasteiger partial charge in [-0.25, -0.2) is 9.59 Å². The number of carboxylic acid groups (broad SMARTS) is 1. The highest BCUT2D eigenvalue weighted by Gasteiger charge is 2.39. The molecular weight excluding hydrogens is 610 g/mol. The van der Waals surface area contributed by atoms with Crippen molar-refractivity contribution in [3.05, 3.63) is 23.8 Å². The molecule has 1 aromatic carbocycles. The van der Waals surface area contributed by atoms with Gasteiger partial charge in [0.05, 0.1) is 18.2 Å². The van der Waals surface area contributed by atoms with Gasteiger partial charge in [0.25, 0.3) is 14.2 Å². The summed E-state index contributed by atoms with van der Waals surface area (Å²) in [7, 11) is -2.30. The zero-order valence-corrected chi connectivity index (χ0v) is 29.8. The van der Waals surface area contributed by atoms with E-state index in [1.807, 2.05) is 12.0 Å². The molecule has 0 bridgehead atoms. The Hall–Kier alpha value is -4.05. The lowest BCUT2D eigenvalue weighted by molar-refractivity contribution is -0.147. The van der Waals surface area contributed by atoms with Crippen LogP contribution in [0.25, 0.3) is 0 Å². The Morgan fingerprint density at radius 3 is 2.24 bits per heavy atom. The molecule has 12 nitrogen and oxygen atoms in total. The Balaban J connectivity index is 3.26. The Morgan fingerprint density at radius 2 is 1.67 bits per heavy atom. The number of hydrogen-bond donors (Lipinski definition) is 4. The molecule has 2 unspecified atom stereocenters. The molecule has 0 heterocycles. The number of amides is 3. The highest BCUT2D eigenvalue weighted by molar-refractivity contribution is 6.74. The van der Waals surface area contributed by atoms with E-state index in [1.54, 1.807) is 52.7 Å². The third-order valence-electron chi connectivity index (χ3n) is 7.17. The van der Waals surface area contributed by atoms with Gasteiger partial charge in [0.2, 0.25) is 5.91 Å². The van der Waals surface area contributed by atoms with E-state index in [2.05, 4.69) is 49.8 Å². The van der Waals surface area contributed by atoms with Crippen molar-refractivity contribution in [2.24, 2.45) is 5.92 Å². The number of ether oxygens (including phenoxy) is 2. The predicted molar refractivity (Wildman–Crippen MR) is 178 cm³/mol. The third-order valence-corrected chi connectivity index (χ3v) is 11.5. The molecule has 0 spiro atoms. The van der Waals surface area contributed by atoms with Crippen LogP contribution >= 0.6 is 0 Å². The van der Waals surface area contributed by atoms with Gasteiger partial charge in [-0.3, -0.25) is 14.4 Å². The summed E-state index contributed by atoms with van der Waals surface area (Å²) in [6.45, 7) is 19.7. The minimum atomic E-state index is -2.30. The van der Waals surface area contributed by atoms with Gasteiger partial charge in [-0.05, 0) is 82.8 Å². The second kappa shape index (κ2) is 17.6. The summed E-state index contributed by atoms with van der Waals surface area (Å²) < 4.78 is 17.2. The topological polar surface area (TPSA) is 169 Å². The summed E-state index contributed by atoms with van der Waals surface area (Å²) in [6, 6.07) is 4.97. The van der Waals surface area contributed by atoms with Crippen molar-refractivity contribution >= 4 is 43.9 Å². The summed E-state index contributed by atoms with van der Waals surface area (Å²) in [6.07, 6.45) is 0.371. The maximum absolute atomic E-state index is 13.0. The number of carbonyl (C=O) groups is 5. The maximum atomic E-state index is 13.0. The standard InChI is InChI=1S/C33H51N3O9Si/c1-11-43-30(41)22(2)19-24(35-31(42)44-32(3,4)5)20-23-14-15-26(45-46(9,10)33(6,7)8)25(21-23)36-28(38)13-12-18-34-27(37)16-17-29(39)40/h14-15,21-22,24H,11-13,18-20H2,1-10H3,(H,34,37)(H,35,42)(H,36,38)(H,39,40). The van der Waals surface area contributed by atoms with E-state index in [9.17, 15) is 24.0 Å². The summed E-state index contributed by atoms with van der Waals surface area (Å²) in [5.74, 6) is 0.868. The second-order valence-electron chi connectivity index (χ2n) is 13.6. The Bertz CT molecular complexity index is 1300. The molecule has 4 N–H and O–H groups in total. The molecule has 2 atom stereocenters. The molecule has 256 valence electrons. The fourth-order valence-corrected chi connectivity index (χ4v) is 4.93. The summed E-state index contributed by atoms with van der Waals surface area (Å²) >= 11 is 0. The average molecular weight is 662 g/mol. The van der Waals surface area contributed by atoms with E-state index in [0.29, 0.717) is 24.3 Å². The van der Waals surface area contributed by atoms with Crippen molar-refractivity contribution in [1.29, 1.82) is 0 Å². The van der Waals surface area contributed by atoms with Gasteiger partial charge in [-0.1, -0.05) is 33.8 Å². The van der Waals surface area contributed by atoms with Crippen LogP contribution in [-0.4, -0.2) is 68.1 Å². The molecule has 0 saturated heterocycles. The number of anilines is 1. The number of carboxylic acids is 1. The van der Waals surface area contributed by atoms with Crippen LogP contribution in [0.1, 0.15) is 80.2 Å². The molecule has 0 saturated carbocycles. The fraction of sp³-hybridized carbons (Fsp3) is 0.606. The largest absolute Gasteiger partial charge is 0.542 e. The van der Waals surface area contributed by atoms with Crippen LogP contribution in [0.2, 0.25) is 18.1 Å². The van der Waals surface area contributed by atoms with Gasteiger partial charge < -0.3 is 35.0 Å². The van der Waals surface area contributed by atoms with E-state index in [-0.39, 0.29) is 42.9 Å². The molecule has 0 radical (unpaired) electrons. The van der Waals surface area contributed by atoms with E-state index >= 15 is 0 Å². The van der Waals surface area contributed by atoms with Gasteiger partial charge in [0, 0.05) is 30.8 Å². The van der Waals surface area contributed by atoms with Crippen molar-refractivity contribution in [1.82, 2.24) is 10.6 Å². The van der Waals surface area contributed by atoms with Gasteiger partial charge in [0.15, 0.2) is 0 Å². The SMILES string of the molecule is CCOC(=O)C(C)CC(Cc1ccc(O[Si](C)(C)C(C)(C)C)c(NC(=O)CCCNC(=O)C#CC(=O)O)c1)NC(=O)OC(C)(C)C. The quantitative estimate of drug-likeness (QED) is 0.0926. The molecule has 0 aliphatic carbocycles. The van der Waals surface area contributed by atoms with E-state index in [0.717, 1.165) is 5.56 Å².